The van der Waals surface area contributed by atoms with E-state index >= 15 is 0 Å². The van der Waals surface area contributed by atoms with Crippen LogP contribution in [0.3, 0.4) is 0 Å². The van der Waals surface area contributed by atoms with E-state index in [0.29, 0.717) is 12.5 Å². The summed E-state index contributed by atoms with van der Waals surface area (Å²) in [6.45, 7) is 4.75. The third kappa shape index (κ3) is 9.52. The van der Waals surface area contributed by atoms with Gasteiger partial charge in [0.2, 0.25) is 0 Å². The fourth-order valence-electron chi connectivity index (χ4n) is 1.79. The third-order valence-electron chi connectivity index (χ3n) is 3.13. The van der Waals surface area contributed by atoms with E-state index in [1.54, 1.807) is 0 Å². The highest BCUT2D eigenvalue weighted by atomic mass is 16.6. The molecule has 0 aliphatic rings. The number of hydrogen-bond donors (Lipinski definition) is 2. The van der Waals surface area contributed by atoms with Crippen molar-refractivity contribution in [3.8, 4) is 0 Å². The van der Waals surface area contributed by atoms with Crippen LogP contribution in [-0.2, 0) is 20.9 Å². The first-order valence-electron chi connectivity index (χ1n) is 7.78. The summed E-state index contributed by atoms with van der Waals surface area (Å²) in [7, 11) is 0. The molecule has 6 nitrogen and oxygen atoms in total. The third-order valence-corrected chi connectivity index (χ3v) is 3.13. The molecule has 1 aromatic rings. The van der Waals surface area contributed by atoms with E-state index in [1.165, 1.54) is 0 Å². The smallest absolute Gasteiger partial charge is 0.409 e. The Labute approximate surface area is 136 Å². The van der Waals surface area contributed by atoms with E-state index in [1.807, 2.05) is 30.3 Å². The lowest BCUT2D eigenvalue weighted by Gasteiger charge is -2.19. The molecule has 1 rings (SSSR count). The molecule has 1 amide bonds. The van der Waals surface area contributed by atoms with E-state index in [9.17, 15) is 9.59 Å². The summed E-state index contributed by atoms with van der Waals surface area (Å²) in [5, 5.41) is 11.3. The first-order valence-corrected chi connectivity index (χ1v) is 7.78. The summed E-state index contributed by atoms with van der Waals surface area (Å²) in [6, 6.07) is 9.32. The lowest BCUT2D eigenvalue weighted by atomic mass is 10.1. The van der Waals surface area contributed by atoms with E-state index < -0.39 is 18.3 Å². The van der Waals surface area contributed by atoms with Gasteiger partial charge in [0.05, 0.1) is 0 Å². The zero-order chi connectivity index (χ0) is 17.1. The monoisotopic (exact) mass is 323 g/mol. The van der Waals surface area contributed by atoms with Crippen molar-refractivity contribution < 1.29 is 24.2 Å². The second-order valence-corrected chi connectivity index (χ2v) is 5.68. The molecule has 1 aromatic carbocycles. The molecular formula is C17H25NO5. The van der Waals surface area contributed by atoms with Gasteiger partial charge in [-0.2, -0.15) is 0 Å². The van der Waals surface area contributed by atoms with Crippen LogP contribution in [0.5, 0.6) is 0 Å². The summed E-state index contributed by atoms with van der Waals surface area (Å²) in [5.74, 6) is -0.456. The molecule has 0 bridgehead atoms. The van der Waals surface area contributed by atoms with E-state index in [2.05, 4.69) is 19.2 Å². The molecule has 0 spiro atoms. The molecule has 0 aliphatic heterocycles. The molecule has 1 atom stereocenters. The second-order valence-electron chi connectivity index (χ2n) is 5.68. The number of nitrogens with one attached hydrogen (secondary N) is 1. The van der Waals surface area contributed by atoms with Crippen molar-refractivity contribution in [2.45, 2.75) is 45.9 Å². The molecule has 2 N–H and O–H groups in total. The van der Waals surface area contributed by atoms with Crippen LogP contribution in [-0.4, -0.2) is 30.0 Å². The second kappa shape index (κ2) is 10.6. The Morgan fingerprint density at radius 3 is 2.48 bits per heavy atom. The number of carbonyl (C=O) groups excluding carboxylic acids is 1. The Bertz CT molecular complexity index is 475. The lowest BCUT2D eigenvalue weighted by Crippen LogP contribution is -2.38. The van der Waals surface area contributed by atoms with E-state index in [0.717, 1.165) is 12.0 Å². The molecular weight excluding hydrogens is 298 g/mol. The summed E-state index contributed by atoms with van der Waals surface area (Å²) in [6.07, 6.45) is -0.314. The van der Waals surface area contributed by atoms with Crippen LogP contribution in [0.4, 0.5) is 4.79 Å². The molecule has 0 heterocycles. The maximum Gasteiger partial charge on any atom is 0.409 e. The standard InChI is InChI=1S/C17H25NO5/c1-13(2)10-11-22-15(8-9-16(19)20)18-17(21)23-12-14-6-4-3-5-7-14/h3-7,13,15H,8-12H2,1-2H3,(H,18,21)(H,19,20). The minimum absolute atomic E-state index is 0.0781. The van der Waals surface area contributed by atoms with E-state index in [4.69, 9.17) is 14.6 Å². The Morgan fingerprint density at radius 2 is 1.87 bits per heavy atom. The van der Waals surface area contributed by atoms with Crippen molar-refractivity contribution in [3.05, 3.63) is 35.9 Å². The molecule has 0 radical (unpaired) electrons. The average Bonchev–Trinajstić information content (AvgIpc) is 2.51. The van der Waals surface area contributed by atoms with Crippen molar-refractivity contribution in [3.63, 3.8) is 0 Å². The maximum absolute atomic E-state index is 11.8. The highest BCUT2D eigenvalue weighted by Gasteiger charge is 2.15. The van der Waals surface area contributed by atoms with Crippen molar-refractivity contribution in [1.82, 2.24) is 5.32 Å². The number of aliphatic carboxylic acids is 1. The molecule has 0 fully saturated rings. The van der Waals surface area contributed by atoms with Crippen LogP contribution in [0, 0.1) is 5.92 Å². The van der Waals surface area contributed by atoms with Crippen LogP contribution < -0.4 is 5.32 Å². The number of rotatable bonds is 10. The normalized spacial score (nSPS) is 12.0. The van der Waals surface area contributed by atoms with E-state index in [-0.39, 0.29) is 19.4 Å². The first kappa shape index (κ1) is 19.0. The summed E-state index contributed by atoms with van der Waals surface area (Å²) >= 11 is 0. The Kier molecular flexibility index (Phi) is 8.75. The zero-order valence-electron chi connectivity index (χ0n) is 13.7. The molecule has 0 saturated carbocycles. The molecule has 0 saturated heterocycles. The van der Waals surface area contributed by atoms with Crippen molar-refractivity contribution in [2.75, 3.05) is 6.61 Å². The van der Waals surface area contributed by atoms with Gasteiger partial charge in [0.1, 0.15) is 12.8 Å². The van der Waals surface area contributed by atoms with Gasteiger partial charge in [-0.05, 0) is 17.9 Å². The maximum atomic E-state index is 11.8. The number of ether oxygens (including phenoxy) is 2. The lowest BCUT2D eigenvalue weighted by molar-refractivity contribution is -0.138. The van der Waals surface area contributed by atoms with Gasteiger partial charge in [-0.25, -0.2) is 4.79 Å². The van der Waals surface area contributed by atoms with Gasteiger partial charge < -0.3 is 14.6 Å². The number of carboxylic acid groups (broad SMARTS) is 1. The number of alkyl carbamates (subject to hydrolysis) is 1. The fraction of sp³-hybridized carbons (Fsp3) is 0.529. The highest BCUT2D eigenvalue weighted by Crippen LogP contribution is 2.06. The molecule has 1 unspecified atom stereocenters. The number of amides is 1. The zero-order valence-corrected chi connectivity index (χ0v) is 13.7. The molecule has 23 heavy (non-hydrogen) atoms. The summed E-state index contributed by atoms with van der Waals surface area (Å²) < 4.78 is 10.7. The van der Waals surface area contributed by atoms with Crippen molar-refractivity contribution >= 4 is 12.1 Å². The number of carboxylic acids is 1. The first-order chi connectivity index (χ1) is 11.0. The molecule has 0 aliphatic carbocycles. The molecule has 6 heteroatoms. The highest BCUT2D eigenvalue weighted by molar-refractivity contribution is 5.68. The van der Waals surface area contributed by atoms with Crippen LogP contribution in [0.25, 0.3) is 0 Å². The van der Waals surface area contributed by atoms with Crippen LogP contribution in [0.2, 0.25) is 0 Å². The van der Waals surface area contributed by atoms with Gasteiger partial charge in [-0.3, -0.25) is 10.1 Å². The van der Waals surface area contributed by atoms with Gasteiger partial charge in [-0.15, -0.1) is 0 Å². The minimum Gasteiger partial charge on any atom is -0.481 e. The van der Waals surface area contributed by atoms with Crippen molar-refractivity contribution in [2.24, 2.45) is 5.92 Å². The van der Waals surface area contributed by atoms with Gasteiger partial charge in [0.15, 0.2) is 0 Å². The fourth-order valence-corrected chi connectivity index (χ4v) is 1.79. The number of benzene rings is 1. The predicted molar refractivity (Wildman–Crippen MR) is 85.8 cm³/mol. The summed E-state index contributed by atoms with van der Waals surface area (Å²) in [4.78, 5) is 22.5. The predicted octanol–water partition coefficient (Wildman–Crippen LogP) is 3.17. The van der Waals surface area contributed by atoms with Crippen LogP contribution >= 0.6 is 0 Å². The van der Waals surface area contributed by atoms with Crippen LogP contribution in [0.1, 0.15) is 38.7 Å². The molecule has 0 aromatic heterocycles. The Balaban J connectivity index is 2.39. The number of carbonyl (C=O) groups is 2. The largest absolute Gasteiger partial charge is 0.481 e. The summed E-state index contributed by atoms with van der Waals surface area (Å²) in [5.41, 5.74) is 0.880. The van der Waals surface area contributed by atoms with Gasteiger partial charge in [0, 0.05) is 19.4 Å². The van der Waals surface area contributed by atoms with Crippen LogP contribution in [0.15, 0.2) is 30.3 Å². The Morgan fingerprint density at radius 1 is 1.17 bits per heavy atom. The minimum atomic E-state index is -0.929. The van der Waals surface area contributed by atoms with Gasteiger partial charge >= 0.3 is 12.1 Å². The molecule has 128 valence electrons. The topological polar surface area (TPSA) is 84.9 Å². The number of hydrogen-bond acceptors (Lipinski definition) is 4. The Hall–Kier alpha value is -2.08. The quantitative estimate of drug-likeness (QED) is 0.646. The SMILES string of the molecule is CC(C)CCOC(CCC(=O)O)NC(=O)OCc1ccccc1. The van der Waals surface area contributed by atoms with Gasteiger partial charge in [0.25, 0.3) is 0 Å². The average molecular weight is 323 g/mol. The van der Waals surface area contributed by atoms with Gasteiger partial charge in [-0.1, -0.05) is 44.2 Å². The van der Waals surface area contributed by atoms with Crippen molar-refractivity contribution in [1.29, 1.82) is 0 Å².